The topological polar surface area (TPSA) is 26.2 Å². The molecule has 3 heteroatoms. The number of nitrogens with zero attached hydrogens (tertiary/aromatic N) is 1. The molecule has 110 valence electrons. The second-order valence-electron chi connectivity index (χ2n) is 5.15. The highest BCUT2D eigenvalue weighted by molar-refractivity contribution is 5.80. The third-order valence-corrected chi connectivity index (χ3v) is 3.54. The number of fused-ring (bicyclic) bond motifs is 1. The van der Waals surface area contributed by atoms with Crippen LogP contribution >= 0.6 is 0 Å². The van der Waals surface area contributed by atoms with Gasteiger partial charge < -0.3 is 14.6 Å². The number of unbranched alkanes of at least 4 members (excludes halogenated alkanes) is 1. The fourth-order valence-electron chi connectivity index (χ4n) is 2.32. The zero-order chi connectivity index (χ0) is 14.2. The van der Waals surface area contributed by atoms with Gasteiger partial charge in [-0.15, -0.1) is 0 Å². The molecule has 0 atom stereocenters. The van der Waals surface area contributed by atoms with E-state index < -0.39 is 0 Å². The molecule has 0 radical (unpaired) electrons. The van der Waals surface area contributed by atoms with Crippen LogP contribution in [-0.4, -0.2) is 24.3 Å². The van der Waals surface area contributed by atoms with Crippen LogP contribution in [-0.2, 0) is 17.8 Å². The van der Waals surface area contributed by atoms with Gasteiger partial charge in [0.1, 0.15) is 0 Å². The Hall–Kier alpha value is -1.32. The van der Waals surface area contributed by atoms with Crippen LogP contribution in [0.25, 0.3) is 10.9 Å². The normalized spacial score (nSPS) is 11.3. The molecule has 1 N–H and O–H groups in total. The van der Waals surface area contributed by atoms with Crippen molar-refractivity contribution in [3.05, 3.63) is 36.0 Å². The molecular formula is C17H26N2O. The molecule has 0 saturated heterocycles. The van der Waals surface area contributed by atoms with Gasteiger partial charge in [-0.2, -0.15) is 0 Å². The summed E-state index contributed by atoms with van der Waals surface area (Å²) in [5.74, 6) is 0. The van der Waals surface area contributed by atoms with Crippen molar-refractivity contribution < 1.29 is 4.74 Å². The summed E-state index contributed by atoms with van der Waals surface area (Å²) in [6.45, 7) is 8.86. The molecule has 0 amide bonds. The fraction of sp³-hybridized carbons (Fsp3) is 0.529. The van der Waals surface area contributed by atoms with Crippen LogP contribution < -0.4 is 5.32 Å². The Morgan fingerprint density at radius 1 is 1.15 bits per heavy atom. The van der Waals surface area contributed by atoms with Gasteiger partial charge in [0, 0.05) is 31.4 Å². The molecule has 1 heterocycles. The fourth-order valence-corrected chi connectivity index (χ4v) is 2.32. The predicted octanol–water partition coefficient (Wildman–Crippen LogP) is 3.57. The van der Waals surface area contributed by atoms with Gasteiger partial charge in [-0.3, -0.25) is 0 Å². The number of rotatable bonds is 9. The maximum absolute atomic E-state index is 5.66. The first kappa shape index (κ1) is 15.1. The minimum atomic E-state index is 0.793. The predicted molar refractivity (Wildman–Crippen MR) is 85.0 cm³/mol. The lowest BCUT2D eigenvalue weighted by atomic mass is 10.1. The van der Waals surface area contributed by atoms with E-state index in [0.29, 0.717) is 0 Å². The molecular weight excluding hydrogens is 248 g/mol. The van der Waals surface area contributed by atoms with Crippen molar-refractivity contribution in [2.75, 3.05) is 19.8 Å². The van der Waals surface area contributed by atoms with Gasteiger partial charge in [-0.25, -0.2) is 0 Å². The smallest absolute Gasteiger partial charge is 0.0645 e. The molecule has 20 heavy (non-hydrogen) atoms. The summed E-state index contributed by atoms with van der Waals surface area (Å²) in [4.78, 5) is 0. The maximum Gasteiger partial charge on any atom is 0.0645 e. The van der Waals surface area contributed by atoms with Crippen molar-refractivity contribution >= 4 is 10.9 Å². The third kappa shape index (κ3) is 4.09. The average Bonchev–Trinajstić information content (AvgIpc) is 2.87. The van der Waals surface area contributed by atoms with E-state index in [0.717, 1.165) is 39.3 Å². The quantitative estimate of drug-likeness (QED) is 0.708. The van der Waals surface area contributed by atoms with Gasteiger partial charge >= 0.3 is 0 Å². The average molecular weight is 274 g/mol. The summed E-state index contributed by atoms with van der Waals surface area (Å²) in [7, 11) is 0. The summed E-state index contributed by atoms with van der Waals surface area (Å²) < 4.78 is 7.95. The van der Waals surface area contributed by atoms with Crippen molar-refractivity contribution in [1.82, 2.24) is 9.88 Å². The van der Waals surface area contributed by atoms with Crippen LogP contribution in [0.2, 0.25) is 0 Å². The number of hydrogen-bond acceptors (Lipinski definition) is 2. The van der Waals surface area contributed by atoms with Crippen molar-refractivity contribution in [2.24, 2.45) is 0 Å². The van der Waals surface area contributed by atoms with E-state index >= 15 is 0 Å². The molecule has 0 bridgehead atoms. The van der Waals surface area contributed by atoms with Gasteiger partial charge in [0.15, 0.2) is 0 Å². The Bertz CT molecular complexity index is 519. The molecule has 2 aromatic rings. The van der Waals surface area contributed by atoms with Crippen LogP contribution in [0, 0.1) is 0 Å². The van der Waals surface area contributed by atoms with Gasteiger partial charge in [-0.05, 0) is 36.0 Å². The molecule has 1 aromatic heterocycles. The van der Waals surface area contributed by atoms with E-state index in [1.165, 1.54) is 22.9 Å². The minimum Gasteiger partial charge on any atom is -0.380 e. The lowest BCUT2D eigenvalue weighted by Crippen LogP contribution is -2.11. The molecule has 0 aliphatic carbocycles. The lowest BCUT2D eigenvalue weighted by Gasteiger charge is -2.08. The molecule has 0 aliphatic heterocycles. The summed E-state index contributed by atoms with van der Waals surface area (Å²) in [6, 6.07) is 8.87. The zero-order valence-electron chi connectivity index (χ0n) is 12.7. The summed E-state index contributed by atoms with van der Waals surface area (Å²) in [5.41, 5.74) is 2.64. The SMILES string of the molecule is CCCCOCCn1ccc2ccc(CNCC)cc21. The van der Waals surface area contributed by atoms with Crippen LogP contribution in [0.1, 0.15) is 32.3 Å². The maximum atomic E-state index is 5.66. The minimum absolute atomic E-state index is 0.793. The van der Waals surface area contributed by atoms with Gasteiger partial charge in [0.2, 0.25) is 0 Å². The highest BCUT2D eigenvalue weighted by atomic mass is 16.5. The third-order valence-electron chi connectivity index (χ3n) is 3.54. The Morgan fingerprint density at radius 2 is 2.05 bits per heavy atom. The number of hydrogen-bond donors (Lipinski definition) is 1. The molecule has 0 aliphatic rings. The van der Waals surface area contributed by atoms with Crippen LogP contribution in [0.3, 0.4) is 0 Å². The van der Waals surface area contributed by atoms with Crippen molar-refractivity contribution in [3.63, 3.8) is 0 Å². The molecule has 2 rings (SSSR count). The highest BCUT2D eigenvalue weighted by Crippen LogP contribution is 2.17. The highest BCUT2D eigenvalue weighted by Gasteiger charge is 2.02. The molecule has 1 aromatic carbocycles. The Morgan fingerprint density at radius 3 is 2.85 bits per heavy atom. The second-order valence-corrected chi connectivity index (χ2v) is 5.15. The van der Waals surface area contributed by atoms with E-state index in [-0.39, 0.29) is 0 Å². The van der Waals surface area contributed by atoms with Crippen molar-refractivity contribution in [2.45, 2.75) is 39.8 Å². The first-order valence-corrected chi connectivity index (χ1v) is 7.71. The first-order valence-electron chi connectivity index (χ1n) is 7.71. The Kier molecular flexibility index (Phi) is 6.09. The number of ether oxygens (including phenoxy) is 1. The Labute approximate surface area is 121 Å². The standard InChI is InChI=1S/C17H26N2O/c1-3-5-11-20-12-10-19-9-8-16-7-6-15(13-17(16)19)14-18-4-2/h6-9,13,18H,3-5,10-12,14H2,1-2H3. The number of nitrogens with one attached hydrogen (secondary N) is 1. The number of aromatic nitrogens is 1. The molecule has 0 saturated carbocycles. The summed E-state index contributed by atoms with van der Waals surface area (Å²) in [6.07, 6.45) is 4.50. The van der Waals surface area contributed by atoms with E-state index in [1.807, 2.05) is 0 Å². The molecule has 0 unspecified atom stereocenters. The molecule has 3 nitrogen and oxygen atoms in total. The van der Waals surface area contributed by atoms with Crippen molar-refractivity contribution in [1.29, 1.82) is 0 Å². The van der Waals surface area contributed by atoms with E-state index in [9.17, 15) is 0 Å². The second kappa shape index (κ2) is 8.08. The largest absolute Gasteiger partial charge is 0.380 e. The van der Waals surface area contributed by atoms with Crippen LogP contribution in [0.4, 0.5) is 0 Å². The number of benzene rings is 1. The Balaban J connectivity index is 1.97. The monoisotopic (exact) mass is 274 g/mol. The lowest BCUT2D eigenvalue weighted by molar-refractivity contribution is 0.124. The zero-order valence-corrected chi connectivity index (χ0v) is 12.7. The van der Waals surface area contributed by atoms with Crippen molar-refractivity contribution in [3.8, 4) is 0 Å². The van der Waals surface area contributed by atoms with Gasteiger partial charge in [-0.1, -0.05) is 32.4 Å². The summed E-state index contributed by atoms with van der Waals surface area (Å²) in [5, 5.41) is 4.68. The first-order chi connectivity index (χ1) is 9.85. The van der Waals surface area contributed by atoms with E-state index in [1.54, 1.807) is 0 Å². The molecule has 0 fully saturated rings. The summed E-state index contributed by atoms with van der Waals surface area (Å²) >= 11 is 0. The van der Waals surface area contributed by atoms with E-state index in [2.05, 4.69) is 54.2 Å². The molecule has 0 spiro atoms. The van der Waals surface area contributed by atoms with Gasteiger partial charge in [0.05, 0.1) is 6.61 Å². The van der Waals surface area contributed by atoms with Crippen LogP contribution in [0.5, 0.6) is 0 Å². The van der Waals surface area contributed by atoms with E-state index in [4.69, 9.17) is 4.74 Å². The van der Waals surface area contributed by atoms with Gasteiger partial charge in [0.25, 0.3) is 0 Å². The van der Waals surface area contributed by atoms with Crippen LogP contribution in [0.15, 0.2) is 30.5 Å².